The number of benzene rings is 2. The number of unbranched alkanes of at least 4 members (excludes halogenated alkanes) is 3. The molecular formula is C32H43BrN2O8. The van der Waals surface area contributed by atoms with Crippen molar-refractivity contribution in [2.24, 2.45) is 0 Å². The molecule has 0 aliphatic rings. The maximum Gasteiger partial charge on any atom is 0.325 e. The highest BCUT2D eigenvalue weighted by Gasteiger charge is 2.20. The summed E-state index contributed by atoms with van der Waals surface area (Å²) in [6.07, 6.45) is 4.23. The third kappa shape index (κ3) is 13.5. The molecule has 0 atom stereocenters. The second kappa shape index (κ2) is 19.6. The number of ketones is 3. The van der Waals surface area contributed by atoms with Crippen molar-refractivity contribution in [2.45, 2.75) is 46.5 Å². The van der Waals surface area contributed by atoms with Gasteiger partial charge in [0.05, 0.1) is 44.7 Å². The topological polar surface area (TPSA) is 112 Å². The number of halogens is 1. The molecule has 0 saturated heterocycles. The Bertz CT molecular complexity index is 1190. The van der Waals surface area contributed by atoms with E-state index in [2.05, 4.69) is 15.9 Å². The predicted octanol–water partition coefficient (Wildman–Crippen LogP) is 5.03. The Morgan fingerprint density at radius 3 is 1.81 bits per heavy atom. The summed E-state index contributed by atoms with van der Waals surface area (Å²) in [5, 5.41) is 0.989. The molecule has 0 amide bonds. The molecule has 10 nitrogen and oxygen atoms in total. The Kier molecular flexibility index (Phi) is 16.2. The largest absolute Gasteiger partial charge is 0.493 e. The van der Waals surface area contributed by atoms with Crippen molar-refractivity contribution in [3.05, 3.63) is 42.5 Å². The molecule has 0 unspecified atom stereocenters. The minimum absolute atomic E-state index is 0.00869. The van der Waals surface area contributed by atoms with Gasteiger partial charge in [-0.25, -0.2) is 0 Å². The van der Waals surface area contributed by atoms with Crippen LogP contribution in [0.1, 0.15) is 46.5 Å². The molecule has 0 aliphatic heterocycles. The van der Waals surface area contributed by atoms with E-state index in [0.717, 1.165) is 31.0 Å². The van der Waals surface area contributed by atoms with Crippen LogP contribution in [0.4, 0.5) is 11.4 Å². The molecule has 0 aromatic heterocycles. The number of rotatable bonds is 22. The lowest BCUT2D eigenvalue weighted by molar-refractivity contribution is -0.139. The minimum atomic E-state index is -0.489. The number of Topliss-reactive ketones (excluding diaryl/α,β-unsaturated/α-hetero) is 3. The molecule has 0 aliphatic carbocycles. The summed E-state index contributed by atoms with van der Waals surface area (Å²) < 4.78 is 23.0. The van der Waals surface area contributed by atoms with Gasteiger partial charge in [0.15, 0.2) is 0 Å². The summed E-state index contributed by atoms with van der Waals surface area (Å²) >= 11 is 3.45. The van der Waals surface area contributed by atoms with Gasteiger partial charge in [-0.3, -0.25) is 19.2 Å². The molecular weight excluding hydrogens is 620 g/mol. The number of hydrogen-bond acceptors (Lipinski definition) is 10. The van der Waals surface area contributed by atoms with E-state index >= 15 is 0 Å². The molecule has 43 heavy (non-hydrogen) atoms. The zero-order chi connectivity index (χ0) is 31.6. The number of para-hydroxylation sites is 2. The van der Waals surface area contributed by atoms with Gasteiger partial charge in [0.1, 0.15) is 54.4 Å². The van der Waals surface area contributed by atoms with E-state index in [-0.39, 0.29) is 56.7 Å². The fraction of sp³-hybridized carbons (Fsp3) is 0.500. The molecule has 2 rings (SSSR count). The molecule has 2 aromatic rings. The maximum absolute atomic E-state index is 12.1. The van der Waals surface area contributed by atoms with E-state index in [1.165, 1.54) is 27.9 Å². The van der Waals surface area contributed by atoms with Crippen LogP contribution in [0.3, 0.4) is 0 Å². The van der Waals surface area contributed by atoms with Crippen LogP contribution in [-0.2, 0) is 23.9 Å². The second-order valence-corrected chi connectivity index (χ2v) is 10.9. The first-order chi connectivity index (χ1) is 20.6. The highest BCUT2D eigenvalue weighted by atomic mass is 79.9. The standard InChI is InChI=1S/C32H43BrN2O8/c1-24(36)20-34(21-25(2)37)28-11-7-8-12-30(28)42-17-18-43-31-19-27(41-16-10-6-5-9-15-33)13-14-29(31)35(22-26(3)38)23-32(39)40-4/h7-8,11-14,19H,5-6,9-10,15-18,20-23H2,1-4H3. The number of esters is 1. The van der Waals surface area contributed by atoms with Gasteiger partial charge in [0.25, 0.3) is 0 Å². The van der Waals surface area contributed by atoms with Gasteiger partial charge in [-0.2, -0.15) is 0 Å². The first-order valence-electron chi connectivity index (χ1n) is 14.4. The van der Waals surface area contributed by atoms with E-state index in [1.807, 2.05) is 12.1 Å². The van der Waals surface area contributed by atoms with Crippen LogP contribution in [0, 0.1) is 0 Å². The van der Waals surface area contributed by atoms with Crippen molar-refractivity contribution in [3.8, 4) is 17.2 Å². The number of anilines is 2. The van der Waals surface area contributed by atoms with Gasteiger partial charge < -0.3 is 28.7 Å². The summed E-state index contributed by atoms with van der Waals surface area (Å²) in [6, 6.07) is 12.5. The Morgan fingerprint density at radius 2 is 1.21 bits per heavy atom. The SMILES string of the molecule is COC(=O)CN(CC(C)=O)c1ccc(OCCCCCCBr)cc1OCCOc1ccccc1N(CC(C)=O)CC(C)=O. The number of methoxy groups -OCH3 is 1. The zero-order valence-corrected chi connectivity index (χ0v) is 27.2. The summed E-state index contributed by atoms with van der Waals surface area (Å²) in [4.78, 5) is 51.2. The molecule has 2 aromatic carbocycles. The van der Waals surface area contributed by atoms with Crippen molar-refractivity contribution in [1.29, 1.82) is 0 Å². The Morgan fingerprint density at radius 1 is 0.651 bits per heavy atom. The van der Waals surface area contributed by atoms with Crippen LogP contribution in [0.15, 0.2) is 42.5 Å². The molecule has 0 bridgehead atoms. The van der Waals surface area contributed by atoms with Crippen molar-refractivity contribution in [2.75, 3.05) is 68.2 Å². The van der Waals surface area contributed by atoms with Crippen molar-refractivity contribution in [3.63, 3.8) is 0 Å². The van der Waals surface area contributed by atoms with Gasteiger partial charge in [-0.15, -0.1) is 0 Å². The van der Waals surface area contributed by atoms with E-state index in [1.54, 1.807) is 40.1 Å². The molecule has 236 valence electrons. The fourth-order valence-corrected chi connectivity index (χ4v) is 4.72. The second-order valence-electron chi connectivity index (χ2n) is 10.1. The fourth-order valence-electron chi connectivity index (χ4n) is 4.32. The highest BCUT2D eigenvalue weighted by Crippen LogP contribution is 2.33. The van der Waals surface area contributed by atoms with Crippen LogP contribution in [0.5, 0.6) is 17.2 Å². The van der Waals surface area contributed by atoms with E-state index in [0.29, 0.717) is 35.2 Å². The van der Waals surface area contributed by atoms with Gasteiger partial charge in [0, 0.05) is 11.4 Å². The number of ether oxygens (including phenoxy) is 4. The quantitative estimate of drug-likeness (QED) is 0.0967. The minimum Gasteiger partial charge on any atom is -0.493 e. The lowest BCUT2D eigenvalue weighted by Gasteiger charge is -2.26. The van der Waals surface area contributed by atoms with E-state index in [9.17, 15) is 19.2 Å². The Balaban J connectivity index is 2.21. The van der Waals surface area contributed by atoms with Crippen molar-refractivity contribution < 1.29 is 38.1 Å². The Hall–Kier alpha value is -3.60. The number of carbonyl (C=O) groups is 4. The van der Waals surface area contributed by atoms with Gasteiger partial charge in [-0.05, 0) is 57.9 Å². The smallest absolute Gasteiger partial charge is 0.325 e. The number of hydrogen-bond donors (Lipinski definition) is 0. The Labute approximate surface area is 262 Å². The molecule has 0 heterocycles. The van der Waals surface area contributed by atoms with Crippen LogP contribution in [0.25, 0.3) is 0 Å². The summed E-state index contributed by atoms with van der Waals surface area (Å²) in [5.41, 5.74) is 1.17. The van der Waals surface area contributed by atoms with Crippen LogP contribution in [-0.4, -0.2) is 81.8 Å². The van der Waals surface area contributed by atoms with Crippen molar-refractivity contribution >= 4 is 50.6 Å². The lowest BCUT2D eigenvalue weighted by Crippen LogP contribution is -2.34. The average Bonchev–Trinajstić information content (AvgIpc) is 2.96. The number of nitrogens with zero attached hydrogens (tertiary/aromatic N) is 2. The molecule has 0 saturated carbocycles. The average molecular weight is 664 g/mol. The number of carbonyl (C=O) groups excluding carboxylic acids is 4. The summed E-state index contributed by atoms with van der Waals surface area (Å²) in [7, 11) is 1.30. The third-order valence-corrected chi connectivity index (χ3v) is 6.72. The third-order valence-electron chi connectivity index (χ3n) is 6.16. The normalized spacial score (nSPS) is 10.5. The summed E-state index contributed by atoms with van der Waals surface area (Å²) in [6.45, 7) is 5.24. The van der Waals surface area contributed by atoms with E-state index in [4.69, 9.17) is 18.9 Å². The van der Waals surface area contributed by atoms with Crippen LogP contribution < -0.4 is 24.0 Å². The predicted molar refractivity (Wildman–Crippen MR) is 170 cm³/mol. The van der Waals surface area contributed by atoms with Gasteiger partial charge in [-0.1, -0.05) is 40.9 Å². The van der Waals surface area contributed by atoms with Crippen LogP contribution in [0.2, 0.25) is 0 Å². The van der Waals surface area contributed by atoms with E-state index < -0.39 is 5.97 Å². The first kappa shape index (κ1) is 35.6. The van der Waals surface area contributed by atoms with Gasteiger partial charge >= 0.3 is 5.97 Å². The zero-order valence-electron chi connectivity index (χ0n) is 25.6. The molecule has 11 heteroatoms. The molecule has 0 spiro atoms. The van der Waals surface area contributed by atoms with Crippen molar-refractivity contribution in [1.82, 2.24) is 0 Å². The molecule has 0 fully saturated rings. The molecule has 0 N–H and O–H groups in total. The van der Waals surface area contributed by atoms with Gasteiger partial charge in [0.2, 0.25) is 0 Å². The first-order valence-corrected chi connectivity index (χ1v) is 15.5. The number of alkyl halides is 1. The lowest BCUT2D eigenvalue weighted by atomic mass is 10.2. The maximum atomic E-state index is 12.1. The van der Waals surface area contributed by atoms with Crippen LogP contribution >= 0.6 is 15.9 Å². The monoisotopic (exact) mass is 662 g/mol. The highest BCUT2D eigenvalue weighted by molar-refractivity contribution is 9.09. The molecule has 0 radical (unpaired) electrons. The summed E-state index contributed by atoms with van der Waals surface area (Å²) in [5.74, 6) is 0.778.